The number of nitrogens with zero attached hydrogens (tertiary/aromatic N) is 1. The van der Waals surface area contributed by atoms with Crippen molar-refractivity contribution in [3.05, 3.63) is 64.7 Å². The molecule has 6 nitrogen and oxygen atoms in total. The van der Waals surface area contributed by atoms with Crippen LogP contribution in [0.1, 0.15) is 60.8 Å². The van der Waals surface area contributed by atoms with Crippen LogP contribution in [0.4, 0.5) is 43.9 Å². The van der Waals surface area contributed by atoms with Gasteiger partial charge in [-0.15, -0.1) is 0 Å². The Kier molecular flexibility index (Phi) is 8.45. The van der Waals surface area contributed by atoms with E-state index < -0.39 is 91.0 Å². The lowest BCUT2D eigenvalue weighted by atomic mass is 9.76. The molecule has 1 aliphatic heterocycles. The number of carbonyl (C=O) groups excluding carboxylic acids is 1. The lowest BCUT2D eigenvalue weighted by molar-refractivity contribution is -0.348. The molecule has 258 valence electrons. The largest absolute Gasteiger partial charge is 0.481 e. The van der Waals surface area contributed by atoms with Gasteiger partial charge < -0.3 is 10.0 Å². The van der Waals surface area contributed by atoms with Gasteiger partial charge in [-0.25, -0.2) is 12.8 Å². The van der Waals surface area contributed by atoms with E-state index in [-0.39, 0.29) is 62.3 Å². The number of sulfone groups is 1. The number of benzene rings is 2. The first kappa shape index (κ1) is 35.0. The summed E-state index contributed by atoms with van der Waals surface area (Å²) >= 11 is 0. The average molecular weight is 704 g/mol. The Labute approximate surface area is 261 Å². The highest BCUT2D eigenvalue weighted by Crippen LogP contribution is 2.57. The van der Waals surface area contributed by atoms with Gasteiger partial charge in [0, 0.05) is 18.0 Å². The number of carboxylic acids is 1. The molecule has 0 spiro atoms. The van der Waals surface area contributed by atoms with E-state index in [0.29, 0.717) is 36.4 Å². The van der Waals surface area contributed by atoms with Crippen molar-refractivity contribution in [1.29, 1.82) is 0 Å². The summed E-state index contributed by atoms with van der Waals surface area (Å²) in [5.74, 6) is -2.91. The summed E-state index contributed by atoms with van der Waals surface area (Å²) in [5.41, 5.74) is -9.43. The zero-order chi connectivity index (χ0) is 35.0. The fraction of sp³-hybridized carbons (Fsp3) is 0.533. The summed E-state index contributed by atoms with van der Waals surface area (Å²) in [5, 5.41) is 9.30. The highest BCUT2D eigenvalue weighted by atomic mass is 32.2. The third kappa shape index (κ3) is 5.45. The van der Waals surface area contributed by atoms with Crippen molar-refractivity contribution in [1.82, 2.24) is 4.90 Å². The quantitative estimate of drug-likeness (QED) is 0.336. The molecule has 2 aromatic rings. The molecule has 2 aliphatic carbocycles. The van der Waals surface area contributed by atoms with Crippen LogP contribution < -0.4 is 0 Å². The Morgan fingerprint density at radius 1 is 0.766 bits per heavy atom. The van der Waals surface area contributed by atoms with Gasteiger partial charge in [0.15, 0.2) is 9.84 Å². The number of likely N-dealkylation sites (tertiary alicyclic amines) is 1. The number of hydrogen-bond acceptors (Lipinski definition) is 4. The Balaban J connectivity index is 1.63. The number of aliphatic carboxylic acids is 1. The molecule has 0 radical (unpaired) electrons. The molecule has 0 aromatic heterocycles. The van der Waals surface area contributed by atoms with Gasteiger partial charge in [0.1, 0.15) is 4.75 Å². The van der Waals surface area contributed by atoms with Crippen molar-refractivity contribution in [3.63, 3.8) is 0 Å². The van der Waals surface area contributed by atoms with Crippen LogP contribution in [0.2, 0.25) is 0 Å². The van der Waals surface area contributed by atoms with Crippen LogP contribution >= 0.6 is 0 Å². The summed E-state index contributed by atoms with van der Waals surface area (Å²) in [7, 11) is -4.84. The zero-order valence-corrected chi connectivity index (χ0v) is 25.0. The molecule has 1 heterocycles. The molecule has 0 bridgehead atoms. The van der Waals surface area contributed by atoms with Crippen LogP contribution in [0, 0.1) is 11.8 Å². The van der Waals surface area contributed by atoms with Crippen LogP contribution in [0.15, 0.2) is 47.4 Å². The highest BCUT2D eigenvalue weighted by Gasteiger charge is 2.74. The van der Waals surface area contributed by atoms with E-state index in [1.807, 2.05) is 0 Å². The number of alkyl halides is 10. The van der Waals surface area contributed by atoms with Gasteiger partial charge in [-0.2, -0.15) is 39.5 Å². The first-order valence-corrected chi connectivity index (χ1v) is 16.0. The Hall–Kier alpha value is -3.37. The number of carbonyl (C=O) groups is 2. The third-order valence-electron chi connectivity index (χ3n) is 9.75. The van der Waals surface area contributed by atoms with Gasteiger partial charge in [-0.05, 0) is 80.3 Å². The molecule has 2 unspecified atom stereocenters. The van der Waals surface area contributed by atoms with Gasteiger partial charge in [-0.1, -0.05) is 18.2 Å². The van der Waals surface area contributed by atoms with Crippen molar-refractivity contribution < 1.29 is 67.0 Å². The van der Waals surface area contributed by atoms with Gasteiger partial charge in [0.05, 0.1) is 22.4 Å². The molecular formula is C30H27F10NO5S. The highest BCUT2D eigenvalue weighted by molar-refractivity contribution is 7.92. The SMILES string of the molecule is O=C(O)C1CCC(C(=O)N2CCC3(S(=O)(=O)c4ccc(C(F)(F)F)cc4)c4ccc(C(F)(C(F)(F)F)C(F)(F)F)cc4CCC23)CC1. The van der Waals surface area contributed by atoms with Crippen molar-refractivity contribution in [2.45, 2.75) is 84.8 Å². The van der Waals surface area contributed by atoms with Crippen LogP contribution in [0.5, 0.6) is 0 Å². The van der Waals surface area contributed by atoms with E-state index in [4.69, 9.17) is 0 Å². The van der Waals surface area contributed by atoms with Crippen LogP contribution in [-0.2, 0) is 42.4 Å². The molecule has 1 saturated heterocycles. The molecular weight excluding hydrogens is 676 g/mol. The van der Waals surface area contributed by atoms with Gasteiger partial charge in [0.25, 0.3) is 0 Å². The lowest BCUT2D eigenvalue weighted by Gasteiger charge is -2.44. The minimum atomic E-state index is -6.43. The number of aryl methyl sites for hydroxylation is 1. The number of halogens is 10. The second-order valence-corrected chi connectivity index (χ2v) is 14.4. The lowest BCUT2D eigenvalue weighted by Crippen LogP contribution is -2.53. The fourth-order valence-electron chi connectivity index (χ4n) is 7.35. The molecule has 2 atom stereocenters. The number of rotatable bonds is 5. The zero-order valence-electron chi connectivity index (χ0n) is 24.1. The van der Waals surface area contributed by atoms with E-state index in [0.717, 1.165) is 0 Å². The van der Waals surface area contributed by atoms with Gasteiger partial charge in [0.2, 0.25) is 5.91 Å². The Morgan fingerprint density at radius 3 is 1.81 bits per heavy atom. The Morgan fingerprint density at radius 2 is 1.30 bits per heavy atom. The predicted molar refractivity (Wildman–Crippen MR) is 143 cm³/mol. The predicted octanol–water partition coefficient (Wildman–Crippen LogP) is 7.10. The standard InChI is InChI=1S/C30H27F10NO5S/c31-27(29(35,36)37,30(38,39)40)20-8-11-22-18(15-20)5-12-23-26(22,47(45,46)21-9-6-19(7-10-21)28(32,33)34)13-14-41(23)24(42)16-1-3-17(4-2-16)25(43)44/h6-11,15-17,23H,1-5,12-14H2,(H,43,44). The summed E-state index contributed by atoms with van der Waals surface area (Å²) in [6, 6.07) is 2.32. The summed E-state index contributed by atoms with van der Waals surface area (Å²) in [6.07, 6.45) is -18.1. The molecule has 17 heteroatoms. The topological polar surface area (TPSA) is 91.8 Å². The fourth-order valence-corrected chi connectivity index (χ4v) is 9.72. The van der Waals surface area contributed by atoms with E-state index in [1.54, 1.807) is 0 Å². The van der Waals surface area contributed by atoms with Crippen LogP contribution in [0.3, 0.4) is 0 Å². The van der Waals surface area contributed by atoms with Gasteiger partial charge >= 0.3 is 30.2 Å². The molecule has 1 saturated carbocycles. The van der Waals surface area contributed by atoms with E-state index >= 15 is 4.39 Å². The van der Waals surface area contributed by atoms with Crippen molar-refractivity contribution in [2.24, 2.45) is 11.8 Å². The van der Waals surface area contributed by atoms with E-state index in [9.17, 15) is 62.6 Å². The monoisotopic (exact) mass is 703 g/mol. The summed E-state index contributed by atoms with van der Waals surface area (Å²) in [4.78, 5) is 25.8. The van der Waals surface area contributed by atoms with E-state index in [2.05, 4.69) is 0 Å². The first-order chi connectivity index (χ1) is 21.6. The first-order valence-electron chi connectivity index (χ1n) is 14.5. The second-order valence-electron chi connectivity index (χ2n) is 12.2. The average Bonchev–Trinajstić information content (AvgIpc) is 3.40. The summed E-state index contributed by atoms with van der Waals surface area (Å²) in [6.45, 7) is -0.235. The van der Waals surface area contributed by atoms with Crippen LogP contribution in [0.25, 0.3) is 0 Å². The molecule has 3 aliphatic rings. The molecule has 47 heavy (non-hydrogen) atoms. The number of carboxylic acid groups (broad SMARTS) is 1. The molecule has 2 fully saturated rings. The molecule has 1 amide bonds. The van der Waals surface area contributed by atoms with Crippen molar-refractivity contribution in [2.75, 3.05) is 6.54 Å². The smallest absolute Gasteiger partial charge is 0.435 e. The van der Waals surface area contributed by atoms with Crippen LogP contribution in [-0.4, -0.2) is 55.2 Å². The molecule has 1 N–H and O–H groups in total. The van der Waals surface area contributed by atoms with E-state index in [1.165, 1.54) is 4.90 Å². The minimum absolute atomic E-state index is 0.172. The second kappa shape index (κ2) is 11.4. The molecule has 2 aromatic carbocycles. The minimum Gasteiger partial charge on any atom is -0.481 e. The van der Waals surface area contributed by atoms with Crippen molar-refractivity contribution >= 4 is 21.7 Å². The van der Waals surface area contributed by atoms with Gasteiger partial charge in [-0.3, -0.25) is 9.59 Å². The maximum atomic E-state index is 15.0. The Bertz CT molecular complexity index is 1650. The number of fused-ring (bicyclic) bond motifs is 3. The molecule has 5 rings (SSSR count). The third-order valence-corrected chi connectivity index (χ3v) is 12.3. The maximum absolute atomic E-state index is 15.0. The summed E-state index contributed by atoms with van der Waals surface area (Å²) < 4.78 is 163. The maximum Gasteiger partial charge on any atom is 0.435 e. The normalized spacial score (nSPS) is 25.7. The number of hydrogen-bond donors (Lipinski definition) is 1. The van der Waals surface area contributed by atoms with Crippen molar-refractivity contribution in [3.8, 4) is 0 Å². The number of amides is 1.